The molecule has 0 atom stereocenters. The highest BCUT2D eigenvalue weighted by atomic mass is 16.7. The number of terminal acetylenes is 1. The molecule has 0 aromatic carbocycles. The molecule has 3 heterocycles. The average Bonchev–Trinajstić information content (AvgIpc) is 3.17. The first kappa shape index (κ1) is 29.0. The second kappa shape index (κ2) is 12.5. The number of aromatic nitrogens is 1. The van der Waals surface area contributed by atoms with Crippen molar-refractivity contribution in [1.82, 2.24) is 10.3 Å². The van der Waals surface area contributed by atoms with Crippen LogP contribution in [0.4, 0.5) is 4.79 Å². The quantitative estimate of drug-likeness (QED) is 0.364. The summed E-state index contributed by atoms with van der Waals surface area (Å²) in [6.45, 7) is 3.19. The lowest BCUT2D eigenvalue weighted by Gasteiger charge is -2.30. The van der Waals surface area contributed by atoms with Gasteiger partial charge >= 0.3 is 13.1 Å². The van der Waals surface area contributed by atoms with Crippen molar-refractivity contribution in [2.45, 2.75) is 52.9 Å². The Balaban J connectivity index is 0.000000340. The number of amides is 1. The molecule has 1 aromatic heterocycles. The van der Waals surface area contributed by atoms with Crippen molar-refractivity contribution in [3.05, 3.63) is 25.6 Å². The van der Waals surface area contributed by atoms with Crippen LogP contribution in [-0.2, 0) is 37.8 Å². The second-order valence-corrected chi connectivity index (χ2v) is 7.64. The summed E-state index contributed by atoms with van der Waals surface area (Å²) in [5.74, 6) is -0.260. The maximum Gasteiger partial charge on any atom is 0.636 e. The van der Waals surface area contributed by atoms with Gasteiger partial charge in [0, 0.05) is 25.7 Å². The zero-order valence-electron chi connectivity index (χ0n) is 18.7. The second-order valence-electron chi connectivity index (χ2n) is 7.64. The first-order valence-electron chi connectivity index (χ1n) is 10.5. The summed E-state index contributed by atoms with van der Waals surface area (Å²) in [5.41, 5.74) is 0. The Kier molecular flexibility index (Phi) is 10.3. The number of rotatable bonds is 3. The Labute approximate surface area is 203 Å². The molecule has 3 rings (SSSR count). The van der Waals surface area contributed by atoms with E-state index in [1.165, 1.54) is 6.20 Å². The summed E-state index contributed by atoms with van der Waals surface area (Å²) in [6.07, 6.45) is 7.58. The van der Waals surface area contributed by atoms with E-state index >= 15 is 0 Å². The summed E-state index contributed by atoms with van der Waals surface area (Å²) in [6, 6.07) is 0. The Bertz CT molecular complexity index is 964. The van der Waals surface area contributed by atoms with E-state index in [9.17, 15) is 24.0 Å². The molecule has 0 spiro atoms. The lowest BCUT2D eigenvalue weighted by molar-refractivity contribution is -0.145. The molecule has 0 saturated carbocycles. The van der Waals surface area contributed by atoms with Gasteiger partial charge in [-0.1, -0.05) is 13.3 Å². The molecule has 35 heavy (non-hydrogen) atoms. The molecule has 2 saturated heterocycles. The molecule has 2 aliphatic heterocycles. The summed E-state index contributed by atoms with van der Waals surface area (Å²) >= 11 is 0. The van der Waals surface area contributed by atoms with Gasteiger partial charge < -0.3 is 33.1 Å². The third-order valence-electron chi connectivity index (χ3n) is 4.59. The molecule has 188 valence electrons. The number of nitrogens with zero attached hydrogens (tertiary/aromatic N) is 1. The third-order valence-corrected chi connectivity index (χ3v) is 4.59. The predicted octanol–water partition coefficient (Wildman–Crippen LogP) is 0.909. The zero-order valence-corrected chi connectivity index (χ0v) is 18.7. The van der Waals surface area contributed by atoms with Gasteiger partial charge in [-0.2, -0.15) is 0 Å². The van der Waals surface area contributed by atoms with Crippen LogP contribution in [-0.4, -0.2) is 54.3 Å². The lowest BCUT2D eigenvalue weighted by atomic mass is 9.58. The van der Waals surface area contributed by atoms with E-state index in [1.54, 1.807) is 6.92 Å². The van der Waals surface area contributed by atoms with E-state index in [2.05, 4.69) is 29.9 Å². The molecule has 0 bridgehead atoms. The fraction of sp³-hybridized carbons (Fsp3) is 0.429. The van der Waals surface area contributed by atoms with Crippen molar-refractivity contribution in [3.8, 4) is 12.3 Å². The number of aryl methyl sites for hydroxylation is 1. The van der Waals surface area contributed by atoms with Crippen molar-refractivity contribution in [1.29, 1.82) is 0 Å². The standard InChI is InChI=1S/2C10H12BNO5.CH4/c1-7-6-12-10(15-7)11(2)16-8(13)4-3-5-9(14)17-11;1-3-7-12-10(15)11(2)16-8(13)5-4-6-9(14)17-11;/h6H,2-5H2,1H3;1H,2,4-7H2,(H,12,15);1H4. The Morgan fingerprint density at radius 1 is 1.00 bits per heavy atom. The van der Waals surface area contributed by atoms with Gasteiger partial charge in [0.25, 0.3) is 23.9 Å². The molecule has 0 unspecified atom stereocenters. The van der Waals surface area contributed by atoms with Crippen LogP contribution in [0.2, 0.25) is 0 Å². The van der Waals surface area contributed by atoms with Crippen molar-refractivity contribution in [2.75, 3.05) is 6.54 Å². The summed E-state index contributed by atoms with van der Waals surface area (Å²) in [5, 5.41) is 2.27. The van der Waals surface area contributed by atoms with Crippen molar-refractivity contribution < 1.29 is 47.0 Å². The highest BCUT2D eigenvalue weighted by Gasteiger charge is 2.49. The van der Waals surface area contributed by atoms with Crippen molar-refractivity contribution in [3.63, 3.8) is 0 Å². The van der Waals surface area contributed by atoms with Gasteiger partial charge in [0.05, 0.1) is 12.7 Å². The fourth-order valence-corrected chi connectivity index (χ4v) is 2.96. The summed E-state index contributed by atoms with van der Waals surface area (Å²) in [7, 11) is 0. The smallest absolute Gasteiger partial charge is 0.610 e. The number of hydrogen-bond donors (Lipinski definition) is 1. The van der Waals surface area contributed by atoms with Gasteiger partial charge in [0.2, 0.25) is 5.81 Å². The molecule has 1 amide bonds. The van der Waals surface area contributed by atoms with E-state index in [0.29, 0.717) is 18.6 Å². The van der Waals surface area contributed by atoms with Crippen LogP contribution in [0.3, 0.4) is 0 Å². The SMILES string of the molecule is C.C#CCNC(=O)[B-]1([CH2+])OC(=O)CCCC(=O)O1.[CH2+][B-]1(c2ncc(C)o2)OC(=O)CCCC(=O)O1. The van der Waals surface area contributed by atoms with Crippen LogP contribution in [0, 0.1) is 32.9 Å². The fourth-order valence-electron chi connectivity index (χ4n) is 2.96. The van der Waals surface area contributed by atoms with Crippen LogP contribution in [0.5, 0.6) is 0 Å². The minimum atomic E-state index is -2.91. The summed E-state index contributed by atoms with van der Waals surface area (Å²) in [4.78, 5) is 61.0. The number of carbonyl (C=O) groups is 5. The van der Waals surface area contributed by atoms with E-state index < -0.39 is 42.8 Å². The van der Waals surface area contributed by atoms with Crippen LogP contribution in [0.1, 0.15) is 51.7 Å². The lowest BCUT2D eigenvalue weighted by Crippen LogP contribution is -2.56. The van der Waals surface area contributed by atoms with E-state index in [4.69, 9.17) is 29.5 Å². The van der Waals surface area contributed by atoms with Gasteiger partial charge in [-0.05, 0) is 33.4 Å². The Morgan fingerprint density at radius 2 is 1.46 bits per heavy atom. The van der Waals surface area contributed by atoms with Gasteiger partial charge in [0.15, 0.2) is 5.79 Å². The maximum atomic E-state index is 11.6. The topological polar surface area (TPSA) is 160 Å². The minimum absolute atomic E-state index is 0. The van der Waals surface area contributed by atoms with E-state index in [0.717, 1.165) is 0 Å². The minimum Gasteiger partial charge on any atom is -0.610 e. The normalized spacial score (nSPS) is 19.0. The number of oxazole rings is 1. The number of carbonyl (C=O) groups excluding carboxylic acids is 5. The van der Waals surface area contributed by atoms with Gasteiger partial charge in [-0.15, -0.1) is 6.42 Å². The Hall–Kier alpha value is -4.01. The molecule has 12 nitrogen and oxygen atoms in total. The zero-order chi connectivity index (χ0) is 25.4. The molecule has 0 aliphatic carbocycles. The average molecular weight is 490 g/mol. The number of hydrogen-bond acceptors (Lipinski definition) is 11. The highest BCUT2D eigenvalue weighted by Crippen LogP contribution is 2.16. The van der Waals surface area contributed by atoms with Crippen molar-refractivity contribution >= 4 is 48.6 Å². The summed E-state index contributed by atoms with van der Waals surface area (Å²) < 4.78 is 24.9. The monoisotopic (exact) mass is 490 g/mol. The van der Waals surface area contributed by atoms with Crippen molar-refractivity contribution in [2.24, 2.45) is 0 Å². The molecule has 2 aliphatic rings. The molecule has 2 fully saturated rings. The maximum absolute atomic E-state index is 11.6. The molecular formula is C21H28B2N2O10. The molecule has 1 N–H and O–H groups in total. The van der Waals surface area contributed by atoms with Crippen LogP contribution in [0.15, 0.2) is 10.6 Å². The van der Waals surface area contributed by atoms with E-state index in [-0.39, 0.29) is 45.4 Å². The highest BCUT2D eigenvalue weighted by molar-refractivity contribution is 6.99. The molecule has 0 radical (unpaired) electrons. The van der Waals surface area contributed by atoms with Crippen LogP contribution < -0.4 is 11.1 Å². The molecule has 14 heteroatoms. The first-order chi connectivity index (χ1) is 16.0. The molecular weight excluding hydrogens is 462 g/mol. The first-order valence-corrected chi connectivity index (χ1v) is 10.5. The number of nitrogens with one attached hydrogen (secondary N) is 1. The van der Waals surface area contributed by atoms with Gasteiger partial charge in [-0.25, -0.2) is 4.98 Å². The third kappa shape index (κ3) is 8.37. The largest absolute Gasteiger partial charge is 0.636 e. The Morgan fingerprint density at radius 3 is 1.86 bits per heavy atom. The molecule has 1 aromatic rings. The van der Waals surface area contributed by atoms with Gasteiger partial charge in [0.1, 0.15) is 5.76 Å². The van der Waals surface area contributed by atoms with Crippen LogP contribution in [0.25, 0.3) is 0 Å². The van der Waals surface area contributed by atoms with Gasteiger partial charge in [-0.3, -0.25) is 19.2 Å². The van der Waals surface area contributed by atoms with E-state index in [1.807, 2.05) is 0 Å². The predicted molar refractivity (Wildman–Crippen MR) is 124 cm³/mol. The van der Waals surface area contributed by atoms with Crippen LogP contribution >= 0.6 is 0 Å².